The van der Waals surface area contributed by atoms with Crippen LogP contribution in [0.3, 0.4) is 0 Å². The Morgan fingerprint density at radius 3 is 2.54 bits per heavy atom. The maximum atomic E-state index is 13.8. The van der Waals surface area contributed by atoms with Crippen LogP contribution < -0.4 is 10.2 Å². The molecule has 1 aliphatic heterocycles. The Hall–Kier alpha value is -3.22. The molecule has 6 nitrogen and oxygen atoms in total. The largest absolute Gasteiger partial charge is 0.465 e. The van der Waals surface area contributed by atoms with Gasteiger partial charge in [0.15, 0.2) is 0 Å². The van der Waals surface area contributed by atoms with Gasteiger partial charge < -0.3 is 15.0 Å². The zero-order valence-corrected chi connectivity index (χ0v) is 15.9. The number of ether oxygens (including phenoxy) is 1. The van der Waals surface area contributed by atoms with Crippen molar-refractivity contribution in [3.8, 4) is 0 Å². The second kappa shape index (κ2) is 7.80. The lowest BCUT2D eigenvalue weighted by Gasteiger charge is -2.17. The summed E-state index contributed by atoms with van der Waals surface area (Å²) >= 11 is 0. The van der Waals surface area contributed by atoms with Gasteiger partial charge in [-0.25, -0.2) is 9.18 Å². The highest BCUT2D eigenvalue weighted by molar-refractivity contribution is 6.04. The highest BCUT2D eigenvalue weighted by atomic mass is 19.1. The first-order valence-electron chi connectivity index (χ1n) is 8.86. The Morgan fingerprint density at radius 1 is 1.14 bits per heavy atom. The Morgan fingerprint density at radius 2 is 1.86 bits per heavy atom. The van der Waals surface area contributed by atoms with E-state index in [-0.39, 0.29) is 24.8 Å². The quantitative estimate of drug-likeness (QED) is 0.822. The number of methoxy groups -OCH3 is 1. The summed E-state index contributed by atoms with van der Waals surface area (Å²) < 4.78 is 18.5. The molecule has 0 aromatic heterocycles. The number of benzene rings is 2. The van der Waals surface area contributed by atoms with E-state index in [4.69, 9.17) is 4.74 Å². The summed E-state index contributed by atoms with van der Waals surface area (Å²) in [6, 6.07) is 9.45. The molecule has 0 spiro atoms. The van der Waals surface area contributed by atoms with Crippen molar-refractivity contribution in [1.29, 1.82) is 0 Å². The summed E-state index contributed by atoms with van der Waals surface area (Å²) in [4.78, 5) is 38.1. The summed E-state index contributed by atoms with van der Waals surface area (Å²) in [5, 5.41) is 2.78. The number of carbonyl (C=O) groups excluding carboxylic acids is 3. The lowest BCUT2D eigenvalue weighted by atomic mass is 10.1. The van der Waals surface area contributed by atoms with Gasteiger partial charge in [0.1, 0.15) is 5.82 Å². The highest BCUT2D eigenvalue weighted by Gasteiger charge is 2.35. The third-order valence-corrected chi connectivity index (χ3v) is 4.88. The van der Waals surface area contributed by atoms with Crippen molar-refractivity contribution in [1.82, 2.24) is 0 Å². The predicted molar refractivity (Wildman–Crippen MR) is 103 cm³/mol. The molecular formula is C21H21FN2O4. The molecule has 28 heavy (non-hydrogen) atoms. The normalized spacial score (nSPS) is 16.2. The molecule has 2 amide bonds. The third kappa shape index (κ3) is 3.88. The van der Waals surface area contributed by atoms with Crippen LogP contribution in [-0.4, -0.2) is 31.4 Å². The Kier molecular flexibility index (Phi) is 5.44. The molecule has 0 bridgehead atoms. The van der Waals surface area contributed by atoms with Gasteiger partial charge in [-0.2, -0.15) is 0 Å². The van der Waals surface area contributed by atoms with Crippen LogP contribution in [0.1, 0.15) is 27.9 Å². The molecule has 2 aromatic carbocycles. The van der Waals surface area contributed by atoms with Gasteiger partial charge in [0.2, 0.25) is 11.8 Å². The molecular weight excluding hydrogens is 363 g/mol. The van der Waals surface area contributed by atoms with Gasteiger partial charge in [-0.3, -0.25) is 9.59 Å². The maximum absolute atomic E-state index is 13.8. The summed E-state index contributed by atoms with van der Waals surface area (Å²) in [7, 11) is 1.28. The predicted octanol–water partition coefficient (Wildman–Crippen LogP) is 3.22. The number of aryl methyl sites for hydroxylation is 2. The standard InChI is InChI=1S/C21H21FN2O4/c1-12-5-7-16(10-17(12)22)24-11-15(9-19(24)25)20(26)23-18-8-14(21(27)28-3)6-4-13(18)2/h4-8,10,15H,9,11H2,1-3H3,(H,23,26). The number of nitrogens with zero attached hydrogens (tertiary/aromatic N) is 1. The van der Waals surface area contributed by atoms with E-state index in [1.165, 1.54) is 18.1 Å². The molecule has 1 unspecified atom stereocenters. The van der Waals surface area contributed by atoms with E-state index in [0.29, 0.717) is 22.5 Å². The lowest BCUT2D eigenvalue weighted by Crippen LogP contribution is -2.28. The average Bonchev–Trinajstić information content (AvgIpc) is 3.07. The molecule has 0 radical (unpaired) electrons. The van der Waals surface area contributed by atoms with E-state index in [0.717, 1.165) is 5.56 Å². The number of halogens is 1. The van der Waals surface area contributed by atoms with E-state index >= 15 is 0 Å². The van der Waals surface area contributed by atoms with Crippen LogP contribution in [0.2, 0.25) is 0 Å². The SMILES string of the molecule is COC(=O)c1ccc(C)c(NC(=O)C2CC(=O)N(c3ccc(C)c(F)c3)C2)c1. The van der Waals surface area contributed by atoms with Crippen LogP contribution in [-0.2, 0) is 14.3 Å². The fraction of sp³-hybridized carbons (Fsp3) is 0.286. The number of hydrogen-bond acceptors (Lipinski definition) is 4. The molecule has 0 aliphatic carbocycles. The minimum atomic E-state index is -0.571. The van der Waals surface area contributed by atoms with Crippen molar-refractivity contribution in [2.75, 3.05) is 23.9 Å². The van der Waals surface area contributed by atoms with Crippen molar-refractivity contribution in [3.05, 3.63) is 58.9 Å². The Bertz CT molecular complexity index is 957. The molecule has 146 valence electrons. The number of anilines is 2. The van der Waals surface area contributed by atoms with E-state index in [9.17, 15) is 18.8 Å². The first-order chi connectivity index (χ1) is 13.3. The molecule has 2 aromatic rings. The molecule has 1 N–H and O–H groups in total. The summed E-state index contributed by atoms with van der Waals surface area (Å²) in [5.74, 6) is -2.03. The monoisotopic (exact) mass is 384 g/mol. The van der Waals surface area contributed by atoms with Crippen molar-refractivity contribution in [2.45, 2.75) is 20.3 Å². The molecule has 3 rings (SSSR count). The second-order valence-electron chi connectivity index (χ2n) is 6.85. The van der Waals surface area contributed by atoms with E-state index in [1.54, 1.807) is 44.2 Å². The summed E-state index contributed by atoms with van der Waals surface area (Å²) in [5.41, 5.74) is 2.52. The molecule has 1 fully saturated rings. The van der Waals surface area contributed by atoms with Gasteiger partial charge in [0, 0.05) is 24.3 Å². The number of rotatable bonds is 4. The topological polar surface area (TPSA) is 75.7 Å². The van der Waals surface area contributed by atoms with Crippen molar-refractivity contribution < 1.29 is 23.5 Å². The van der Waals surface area contributed by atoms with Crippen LogP contribution >= 0.6 is 0 Å². The smallest absolute Gasteiger partial charge is 0.337 e. The zero-order chi connectivity index (χ0) is 20.4. The van der Waals surface area contributed by atoms with Gasteiger partial charge in [0.05, 0.1) is 18.6 Å². The zero-order valence-electron chi connectivity index (χ0n) is 15.9. The fourth-order valence-electron chi connectivity index (χ4n) is 3.12. The first-order valence-corrected chi connectivity index (χ1v) is 8.86. The van der Waals surface area contributed by atoms with Crippen LogP contribution in [0, 0.1) is 25.6 Å². The Balaban J connectivity index is 1.75. The minimum absolute atomic E-state index is 0.0388. The first kappa shape index (κ1) is 19.5. The average molecular weight is 384 g/mol. The second-order valence-corrected chi connectivity index (χ2v) is 6.85. The van der Waals surface area contributed by atoms with Crippen LogP contribution in [0.5, 0.6) is 0 Å². The van der Waals surface area contributed by atoms with Gasteiger partial charge in [-0.05, 0) is 49.2 Å². The highest BCUT2D eigenvalue weighted by Crippen LogP contribution is 2.28. The van der Waals surface area contributed by atoms with Crippen molar-refractivity contribution >= 4 is 29.2 Å². The molecule has 1 aliphatic rings. The number of amides is 2. The van der Waals surface area contributed by atoms with E-state index < -0.39 is 17.7 Å². The van der Waals surface area contributed by atoms with Crippen LogP contribution in [0.15, 0.2) is 36.4 Å². The maximum Gasteiger partial charge on any atom is 0.337 e. The number of hydrogen-bond donors (Lipinski definition) is 1. The molecule has 1 saturated heterocycles. The molecule has 0 saturated carbocycles. The Labute approximate surface area is 162 Å². The van der Waals surface area contributed by atoms with Gasteiger partial charge in [-0.1, -0.05) is 12.1 Å². The van der Waals surface area contributed by atoms with Crippen LogP contribution in [0.4, 0.5) is 15.8 Å². The van der Waals surface area contributed by atoms with Gasteiger partial charge >= 0.3 is 5.97 Å². The van der Waals surface area contributed by atoms with Gasteiger partial charge in [0.25, 0.3) is 0 Å². The molecule has 7 heteroatoms. The summed E-state index contributed by atoms with van der Waals surface area (Å²) in [6.45, 7) is 3.62. The summed E-state index contributed by atoms with van der Waals surface area (Å²) in [6.07, 6.45) is 0.0388. The molecule has 1 atom stereocenters. The van der Waals surface area contributed by atoms with Crippen molar-refractivity contribution in [2.24, 2.45) is 5.92 Å². The van der Waals surface area contributed by atoms with Gasteiger partial charge in [-0.15, -0.1) is 0 Å². The van der Waals surface area contributed by atoms with Crippen LogP contribution in [0.25, 0.3) is 0 Å². The number of nitrogens with one attached hydrogen (secondary N) is 1. The van der Waals surface area contributed by atoms with E-state index in [1.807, 2.05) is 0 Å². The fourth-order valence-corrected chi connectivity index (χ4v) is 3.12. The minimum Gasteiger partial charge on any atom is -0.465 e. The van der Waals surface area contributed by atoms with Crippen molar-refractivity contribution in [3.63, 3.8) is 0 Å². The number of carbonyl (C=O) groups is 3. The van der Waals surface area contributed by atoms with E-state index in [2.05, 4.69) is 5.32 Å². The molecule has 1 heterocycles. The number of esters is 1. The third-order valence-electron chi connectivity index (χ3n) is 4.88. The lowest BCUT2D eigenvalue weighted by molar-refractivity contribution is -0.122.